The van der Waals surface area contributed by atoms with Crippen LogP contribution in [0.3, 0.4) is 0 Å². The summed E-state index contributed by atoms with van der Waals surface area (Å²) in [7, 11) is -2.43. The van der Waals surface area contributed by atoms with Gasteiger partial charge in [0.25, 0.3) is 0 Å². The number of nitrogens with one attached hydrogen (secondary N) is 1. The summed E-state index contributed by atoms with van der Waals surface area (Å²) in [6.07, 6.45) is 0. The maximum atomic E-state index is 9.25. The van der Waals surface area contributed by atoms with E-state index < -0.39 is 10.9 Å². The Morgan fingerprint density at radius 2 is 1.80 bits per heavy atom. The molecule has 0 aliphatic carbocycles. The van der Waals surface area contributed by atoms with Gasteiger partial charge < -0.3 is 0 Å². The fraction of sp³-hybridized carbons (Fsp3) is 0. The molecule has 0 fully saturated rings. The van der Waals surface area contributed by atoms with E-state index in [1.165, 1.54) is 0 Å². The topological polar surface area (TPSA) is 46.2 Å². The molecule has 0 aromatic carbocycles. The van der Waals surface area contributed by atoms with Crippen LogP contribution in [0, 0.1) is 0 Å². The van der Waals surface area contributed by atoms with Gasteiger partial charge in [-0.25, -0.2) is 0 Å². The molecule has 0 spiro atoms. The molecular formula is H2AgNO2S. The van der Waals surface area contributed by atoms with Gasteiger partial charge in [0, 0.05) is 0 Å². The van der Waals surface area contributed by atoms with Gasteiger partial charge in [-0.1, -0.05) is 0 Å². The van der Waals surface area contributed by atoms with E-state index in [0.29, 0.717) is 0 Å². The first-order chi connectivity index (χ1) is 2.27. The second-order valence-corrected chi connectivity index (χ2v) is 1.97. The summed E-state index contributed by atoms with van der Waals surface area (Å²) < 4.78 is 20.3. The molecule has 0 atom stereocenters. The third-order valence-electron chi connectivity index (χ3n) is 0.0550. The fourth-order valence-electron chi connectivity index (χ4n) is 0. The molecule has 5 heavy (non-hydrogen) atoms. The van der Waals surface area contributed by atoms with Crippen molar-refractivity contribution in [3.63, 3.8) is 0 Å². The first-order valence-electron chi connectivity index (χ1n) is 0.740. The summed E-state index contributed by atoms with van der Waals surface area (Å²) in [6.45, 7) is 0. The van der Waals surface area contributed by atoms with E-state index in [9.17, 15) is 8.42 Å². The molecule has 0 aromatic rings. The van der Waals surface area contributed by atoms with Gasteiger partial charge in [-0.2, -0.15) is 0 Å². The van der Waals surface area contributed by atoms with Crippen LogP contribution in [0.4, 0.5) is 0 Å². The third kappa shape index (κ3) is 4.65. The molecular weight excluding hydrogens is 186 g/mol. The summed E-state index contributed by atoms with van der Waals surface area (Å²) >= 11 is 2.48. The van der Waals surface area contributed by atoms with Gasteiger partial charge in [-0.3, -0.25) is 0 Å². The van der Waals surface area contributed by atoms with E-state index in [0.717, 1.165) is 0 Å². The van der Waals surface area contributed by atoms with Crippen LogP contribution < -0.4 is 3.13 Å². The molecule has 0 rings (SSSR count). The van der Waals surface area contributed by atoms with Gasteiger partial charge in [0.2, 0.25) is 0 Å². The molecule has 0 aliphatic rings. The van der Waals surface area contributed by atoms with Crippen molar-refractivity contribution in [2.75, 3.05) is 0 Å². The predicted molar refractivity (Wildman–Crippen MR) is 13.5 cm³/mol. The molecule has 3 nitrogen and oxygen atoms in total. The van der Waals surface area contributed by atoms with Crippen LogP contribution in [-0.2, 0) is 32.2 Å². The van der Waals surface area contributed by atoms with E-state index in [2.05, 4.69) is 21.3 Å². The molecule has 0 aliphatic heterocycles. The van der Waals surface area contributed by atoms with Gasteiger partial charge in [-0.05, 0) is 0 Å². The van der Waals surface area contributed by atoms with E-state index >= 15 is 0 Å². The van der Waals surface area contributed by atoms with Crippen molar-refractivity contribution in [1.82, 2.24) is 3.13 Å². The number of hydrogen-bond acceptors (Lipinski definition) is 2. The Kier molecular flexibility index (Phi) is 3.24. The number of hydrogen-bond donors (Lipinski definition) is 2. The molecule has 5 heteroatoms. The molecule has 0 radical (unpaired) electrons. The van der Waals surface area contributed by atoms with Crippen molar-refractivity contribution in [2.45, 2.75) is 0 Å². The van der Waals surface area contributed by atoms with E-state index in [4.69, 9.17) is 0 Å². The molecule has 0 saturated carbocycles. The SMILES string of the molecule is O=[SH](=O)[NH][Ag]. The quantitative estimate of drug-likeness (QED) is 0.391. The van der Waals surface area contributed by atoms with Crippen LogP contribution in [-0.4, -0.2) is 8.42 Å². The Morgan fingerprint density at radius 3 is 1.80 bits per heavy atom. The molecule has 0 saturated heterocycles. The van der Waals surface area contributed by atoms with Gasteiger partial charge >= 0.3 is 43.8 Å². The normalized spacial score (nSPS) is 9.40. The Morgan fingerprint density at radius 1 is 1.60 bits per heavy atom. The minimum atomic E-state index is -2.43. The first kappa shape index (κ1) is 5.65. The monoisotopic (exact) mass is 187 g/mol. The Bertz CT molecular complexity index is 67.7. The Hall–Kier alpha value is 0.650. The van der Waals surface area contributed by atoms with Crippen LogP contribution in [0.25, 0.3) is 0 Å². The molecule has 1 N–H and O–H groups in total. The summed E-state index contributed by atoms with van der Waals surface area (Å²) in [6, 6.07) is 0. The van der Waals surface area contributed by atoms with Gasteiger partial charge in [0.05, 0.1) is 0 Å². The van der Waals surface area contributed by atoms with Gasteiger partial charge in [-0.15, -0.1) is 0 Å². The van der Waals surface area contributed by atoms with Crippen LogP contribution in [0.5, 0.6) is 0 Å². The molecule has 0 aromatic heterocycles. The van der Waals surface area contributed by atoms with E-state index in [-0.39, 0.29) is 0 Å². The van der Waals surface area contributed by atoms with Crippen LogP contribution >= 0.6 is 0 Å². The van der Waals surface area contributed by atoms with Gasteiger partial charge in [0.15, 0.2) is 0 Å². The number of thiol groups is 1. The van der Waals surface area contributed by atoms with Crippen LogP contribution in [0.2, 0.25) is 0 Å². The van der Waals surface area contributed by atoms with Crippen LogP contribution in [0.1, 0.15) is 0 Å². The molecule has 0 unspecified atom stereocenters. The molecule has 0 amide bonds. The zero-order chi connectivity index (χ0) is 4.28. The van der Waals surface area contributed by atoms with Crippen molar-refractivity contribution < 1.29 is 29.7 Å². The first-order valence-corrected chi connectivity index (χ1v) is 2.66. The Balaban J connectivity index is 3.23. The van der Waals surface area contributed by atoms with Crippen molar-refractivity contribution in [3.8, 4) is 0 Å². The summed E-state index contributed by atoms with van der Waals surface area (Å²) in [5, 5.41) is 0. The van der Waals surface area contributed by atoms with Crippen LogP contribution in [0.15, 0.2) is 0 Å². The second kappa shape index (κ2) is 2.87. The standard InChI is InChI=1S/Ag.H2NO2S/c;1-4(2)3/h;4H,(H-,1,2,3)/q+1;-1. The summed E-state index contributed by atoms with van der Waals surface area (Å²) in [5.74, 6) is 0. The minimum absolute atomic E-state index is 1.79. The molecule has 0 heterocycles. The van der Waals surface area contributed by atoms with Crippen molar-refractivity contribution >= 4 is 10.9 Å². The Labute approximate surface area is 44.1 Å². The average Bonchev–Trinajstić information content (AvgIpc) is 1.38. The third-order valence-corrected chi connectivity index (χ3v) is 0.977. The van der Waals surface area contributed by atoms with E-state index in [1.807, 2.05) is 0 Å². The van der Waals surface area contributed by atoms with Crippen molar-refractivity contribution in [1.29, 1.82) is 0 Å². The summed E-state index contributed by atoms with van der Waals surface area (Å²) in [4.78, 5) is 0. The van der Waals surface area contributed by atoms with Crippen molar-refractivity contribution in [3.05, 3.63) is 0 Å². The molecule has 0 bridgehead atoms. The van der Waals surface area contributed by atoms with E-state index in [1.54, 1.807) is 3.13 Å². The summed E-state index contributed by atoms with van der Waals surface area (Å²) in [5.41, 5.74) is 0. The second-order valence-electron chi connectivity index (χ2n) is 0.325. The average molecular weight is 188 g/mol. The maximum absolute atomic E-state index is 9.25. The number of rotatable bonds is 1. The fourth-order valence-corrected chi connectivity index (χ4v) is 0. The van der Waals surface area contributed by atoms with Crippen molar-refractivity contribution in [2.24, 2.45) is 0 Å². The van der Waals surface area contributed by atoms with Gasteiger partial charge in [0.1, 0.15) is 0 Å². The predicted octanol–water partition coefficient (Wildman–Crippen LogP) is -1.44. The zero-order valence-corrected chi connectivity index (χ0v) is 4.44. The zero-order valence-electron chi connectivity index (χ0n) is 2.07. The molecule has 36 valence electrons.